The van der Waals surface area contributed by atoms with Crippen LogP contribution in [0.25, 0.3) is 21.1 Å². The van der Waals surface area contributed by atoms with Gasteiger partial charge in [-0.1, -0.05) is 12.1 Å². The molecule has 1 aliphatic heterocycles. The summed E-state index contributed by atoms with van der Waals surface area (Å²) in [6.45, 7) is 1.34. The number of alkyl halides is 1. The van der Waals surface area contributed by atoms with E-state index in [0.717, 1.165) is 15.8 Å². The first-order valence-electron chi connectivity index (χ1n) is 9.85. The van der Waals surface area contributed by atoms with E-state index in [-0.39, 0.29) is 29.9 Å². The number of nitrogens with zero attached hydrogens (tertiary/aromatic N) is 2. The third kappa shape index (κ3) is 4.15. The zero-order chi connectivity index (χ0) is 20.7. The number of rotatable bonds is 4. The van der Waals surface area contributed by atoms with Crippen LogP contribution >= 0.6 is 23.7 Å². The lowest BCUT2D eigenvalue weighted by molar-refractivity contribution is 0.0893. The second-order valence-electron chi connectivity index (χ2n) is 7.55. The van der Waals surface area contributed by atoms with Crippen molar-refractivity contribution in [2.24, 2.45) is 0 Å². The highest BCUT2D eigenvalue weighted by atomic mass is 35.5. The fourth-order valence-corrected chi connectivity index (χ4v) is 4.78. The molecule has 3 heterocycles. The number of benzene rings is 2. The Labute approximate surface area is 187 Å². The number of carbonyl (C=O) groups excluding carboxylic acids is 1. The number of aromatic nitrogens is 2. The molecule has 2 N–H and O–H groups in total. The van der Waals surface area contributed by atoms with Crippen molar-refractivity contribution in [2.45, 2.75) is 25.2 Å². The molecule has 9 heteroatoms. The Morgan fingerprint density at radius 3 is 3.03 bits per heavy atom. The van der Waals surface area contributed by atoms with Crippen molar-refractivity contribution in [1.82, 2.24) is 20.2 Å². The fraction of sp³-hybridized carbons (Fsp3) is 0.273. The molecule has 162 valence electrons. The standard InChI is InChI=1S/C22H20F2N4OS.ClH/c23-15-2-1-3-19-21(15)14(22(29)27-17-6-7-25-9-16(17)24)11-28(19)10-13-4-5-18-20(8-13)30-12-26-18;/h1-5,8,11-12,16-17,25H,6-7,9-10H2,(H,27,29);1H. The SMILES string of the molecule is Cl.O=C(NC1CCNCC1F)c1cn(Cc2ccc3ncsc3c2)c2cccc(F)c12. The van der Waals surface area contributed by atoms with E-state index in [0.29, 0.717) is 25.0 Å². The first-order valence-corrected chi connectivity index (χ1v) is 10.7. The van der Waals surface area contributed by atoms with Crippen molar-refractivity contribution in [3.63, 3.8) is 0 Å². The highest BCUT2D eigenvalue weighted by Gasteiger charge is 2.28. The van der Waals surface area contributed by atoms with E-state index in [4.69, 9.17) is 0 Å². The van der Waals surface area contributed by atoms with Gasteiger partial charge in [0.25, 0.3) is 5.91 Å². The van der Waals surface area contributed by atoms with Gasteiger partial charge in [-0.25, -0.2) is 13.8 Å². The molecule has 0 bridgehead atoms. The van der Waals surface area contributed by atoms with Crippen LogP contribution in [0.4, 0.5) is 8.78 Å². The Morgan fingerprint density at radius 2 is 2.19 bits per heavy atom. The summed E-state index contributed by atoms with van der Waals surface area (Å²) in [7, 11) is 0. The van der Waals surface area contributed by atoms with Crippen molar-refractivity contribution < 1.29 is 13.6 Å². The third-order valence-electron chi connectivity index (χ3n) is 5.57. The number of hydrogen-bond donors (Lipinski definition) is 2. The monoisotopic (exact) mass is 462 g/mol. The van der Waals surface area contributed by atoms with Gasteiger partial charge in [-0.3, -0.25) is 4.79 Å². The number of hydrogen-bond acceptors (Lipinski definition) is 4. The number of piperidine rings is 1. The molecular formula is C22H21ClF2N4OS. The summed E-state index contributed by atoms with van der Waals surface area (Å²) in [4.78, 5) is 17.2. The maximum atomic E-state index is 14.7. The van der Waals surface area contributed by atoms with E-state index in [1.54, 1.807) is 35.2 Å². The first kappa shape index (κ1) is 21.7. The van der Waals surface area contributed by atoms with E-state index in [1.807, 2.05) is 16.7 Å². The maximum absolute atomic E-state index is 14.7. The van der Waals surface area contributed by atoms with E-state index in [1.165, 1.54) is 6.07 Å². The zero-order valence-corrected chi connectivity index (χ0v) is 18.1. The first-order chi connectivity index (χ1) is 14.6. The van der Waals surface area contributed by atoms with Crippen LogP contribution in [-0.2, 0) is 6.54 Å². The van der Waals surface area contributed by atoms with Gasteiger partial charge in [0.05, 0.1) is 32.8 Å². The van der Waals surface area contributed by atoms with Gasteiger partial charge >= 0.3 is 0 Å². The third-order valence-corrected chi connectivity index (χ3v) is 6.36. The van der Waals surface area contributed by atoms with Gasteiger partial charge in [-0.2, -0.15) is 0 Å². The van der Waals surface area contributed by atoms with Crippen molar-refractivity contribution in [3.8, 4) is 0 Å². The smallest absolute Gasteiger partial charge is 0.253 e. The van der Waals surface area contributed by atoms with Crippen molar-refractivity contribution in [2.75, 3.05) is 13.1 Å². The lowest BCUT2D eigenvalue weighted by Gasteiger charge is -2.27. The van der Waals surface area contributed by atoms with Crippen LogP contribution < -0.4 is 10.6 Å². The molecule has 1 aliphatic rings. The van der Waals surface area contributed by atoms with Gasteiger partial charge in [0.15, 0.2) is 0 Å². The van der Waals surface area contributed by atoms with Crippen molar-refractivity contribution in [3.05, 3.63) is 65.0 Å². The average Bonchev–Trinajstić information content (AvgIpc) is 3.35. The predicted molar refractivity (Wildman–Crippen MR) is 122 cm³/mol. The average molecular weight is 463 g/mol. The number of nitrogens with one attached hydrogen (secondary N) is 2. The van der Waals surface area contributed by atoms with Crippen LogP contribution in [0.5, 0.6) is 0 Å². The second-order valence-corrected chi connectivity index (χ2v) is 8.43. The molecular weight excluding hydrogens is 442 g/mol. The molecule has 0 radical (unpaired) electrons. The molecule has 1 fully saturated rings. The molecule has 2 aromatic carbocycles. The minimum absolute atomic E-state index is 0. The summed E-state index contributed by atoms with van der Waals surface area (Å²) in [5, 5.41) is 5.99. The van der Waals surface area contributed by atoms with Gasteiger partial charge in [-0.05, 0) is 42.8 Å². The molecule has 2 unspecified atom stereocenters. The topological polar surface area (TPSA) is 59.0 Å². The predicted octanol–water partition coefficient (Wildman–Crippen LogP) is 4.29. The summed E-state index contributed by atoms with van der Waals surface area (Å²) in [5.41, 5.74) is 4.63. The van der Waals surface area contributed by atoms with Crippen LogP contribution in [0, 0.1) is 5.82 Å². The van der Waals surface area contributed by atoms with Gasteiger partial charge in [0.2, 0.25) is 0 Å². The van der Waals surface area contributed by atoms with Crippen LogP contribution in [0.15, 0.2) is 48.1 Å². The van der Waals surface area contributed by atoms with Crippen molar-refractivity contribution in [1.29, 1.82) is 0 Å². The van der Waals surface area contributed by atoms with Crippen LogP contribution in [0.1, 0.15) is 22.3 Å². The molecule has 4 aromatic rings. The number of fused-ring (bicyclic) bond motifs is 2. The van der Waals surface area contributed by atoms with Gasteiger partial charge < -0.3 is 15.2 Å². The van der Waals surface area contributed by atoms with Crippen LogP contribution in [0.3, 0.4) is 0 Å². The Hall–Kier alpha value is -2.55. The molecule has 31 heavy (non-hydrogen) atoms. The largest absolute Gasteiger partial charge is 0.346 e. The molecule has 1 amide bonds. The summed E-state index contributed by atoms with van der Waals surface area (Å²) in [5.74, 6) is -0.910. The molecule has 1 saturated heterocycles. The van der Waals surface area contributed by atoms with Gasteiger partial charge in [0.1, 0.15) is 12.0 Å². The number of halogens is 3. The lowest BCUT2D eigenvalue weighted by atomic mass is 10.0. The molecule has 5 rings (SSSR count). The van der Waals surface area contributed by atoms with Gasteiger partial charge in [-0.15, -0.1) is 23.7 Å². The minimum atomic E-state index is -1.16. The molecule has 2 aromatic heterocycles. The van der Waals surface area contributed by atoms with E-state index in [9.17, 15) is 13.6 Å². The Balaban J connectivity index is 0.00000231. The van der Waals surface area contributed by atoms with Crippen LogP contribution in [-0.4, -0.2) is 40.8 Å². The van der Waals surface area contributed by atoms with E-state index < -0.39 is 23.9 Å². The van der Waals surface area contributed by atoms with E-state index in [2.05, 4.69) is 21.7 Å². The van der Waals surface area contributed by atoms with Crippen LogP contribution in [0.2, 0.25) is 0 Å². The van der Waals surface area contributed by atoms with E-state index >= 15 is 0 Å². The maximum Gasteiger partial charge on any atom is 0.253 e. The Bertz CT molecular complexity index is 1240. The molecule has 2 atom stereocenters. The quantitative estimate of drug-likeness (QED) is 0.475. The summed E-state index contributed by atoms with van der Waals surface area (Å²) >= 11 is 1.56. The molecule has 0 saturated carbocycles. The zero-order valence-electron chi connectivity index (χ0n) is 16.5. The highest BCUT2D eigenvalue weighted by Crippen LogP contribution is 2.27. The fourth-order valence-electron chi connectivity index (χ4n) is 4.04. The summed E-state index contributed by atoms with van der Waals surface area (Å²) < 4.78 is 31.8. The van der Waals surface area contributed by atoms with Crippen molar-refractivity contribution >= 4 is 50.8 Å². The number of carbonyl (C=O) groups is 1. The Kier molecular flexibility index (Phi) is 6.22. The normalized spacial score (nSPS) is 18.8. The summed E-state index contributed by atoms with van der Waals surface area (Å²) in [6, 6.07) is 10.2. The number of amides is 1. The number of thiazole rings is 1. The molecule has 0 spiro atoms. The lowest BCUT2D eigenvalue weighted by Crippen LogP contribution is -2.50. The highest BCUT2D eigenvalue weighted by molar-refractivity contribution is 7.16. The summed E-state index contributed by atoms with van der Waals surface area (Å²) in [6.07, 6.45) is 1.00. The molecule has 0 aliphatic carbocycles. The Morgan fingerprint density at radius 1 is 1.32 bits per heavy atom. The second kappa shape index (κ2) is 8.90. The molecule has 5 nitrogen and oxygen atoms in total. The van der Waals surface area contributed by atoms with Gasteiger partial charge in [0, 0.05) is 24.7 Å². The minimum Gasteiger partial charge on any atom is -0.346 e.